The fourth-order valence-electron chi connectivity index (χ4n) is 10.4. The summed E-state index contributed by atoms with van der Waals surface area (Å²) in [4.78, 5) is 9.48. The lowest BCUT2D eigenvalue weighted by Crippen LogP contribution is -2.06. The van der Waals surface area contributed by atoms with Gasteiger partial charge in [-0.3, -0.25) is 9.97 Å². The molecule has 302 valence electrons. The summed E-state index contributed by atoms with van der Waals surface area (Å²) in [5, 5.41) is 7.02. The first-order valence-electron chi connectivity index (χ1n) is 22.0. The zero-order valence-corrected chi connectivity index (χ0v) is 35.1. The molecule has 1 unspecified atom stereocenters. The largest absolute Gasteiger partial charge is 0.456 e. The molecule has 0 aliphatic heterocycles. The van der Waals surface area contributed by atoms with Crippen LogP contribution in [0.3, 0.4) is 0 Å². The molecule has 0 radical (unpaired) electrons. The molecule has 5 aromatic heterocycles. The minimum atomic E-state index is 0.373. The number of benzene rings is 7. The van der Waals surface area contributed by atoms with E-state index < -0.39 is 0 Å². The summed E-state index contributed by atoms with van der Waals surface area (Å²) in [6, 6.07) is 65.3. The van der Waals surface area contributed by atoms with Crippen molar-refractivity contribution in [1.29, 1.82) is 0 Å². The summed E-state index contributed by atoms with van der Waals surface area (Å²) in [6.45, 7) is 2.31. The monoisotopic (exact) mass is 820 g/mol. The van der Waals surface area contributed by atoms with Crippen LogP contribution in [0.1, 0.15) is 24.6 Å². The zero-order chi connectivity index (χ0) is 42.3. The van der Waals surface area contributed by atoms with E-state index in [1.165, 1.54) is 43.8 Å². The number of nitrogens with zero attached hydrogens (tertiary/aromatic N) is 4. The Labute approximate surface area is 369 Å². The Balaban J connectivity index is 0.953. The number of para-hydroxylation sites is 2. The molecule has 12 aromatic rings. The minimum Gasteiger partial charge on any atom is -0.456 e. The first-order chi connectivity index (χ1) is 31.7. The van der Waals surface area contributed by atoms with Gasteiger partial charge in [0.25, 0.3) is 0 Å². The van der Waals surface area contributed by atoms with Crippen molar-refractivity contribution < 1.29 is 4.42 Å². The Morgan fingerprint density at radius 1 is 0.453 bits per heavy atom. The second kappa shape index (κ2) is 14.4. The summed E-state index contributed by atoms with van der Waals surface area (Å²) < 4.78 is 11.4. The van der Waals surface area contributed by atoms with Gasteiger partial charge in [0.15, 0.2) is 0 Å². The maximum atomic E-state index is 6.56. The zero-order valence-electron chi connectivity index (χ0n) is 35.1. The Kier molecular flexibility index (Phi) is 8.19. The van der Waals surface area contributed by atoms with Crippen molar-refractivity contribution in [2.45, 2.75) is 13.3 Å². The highest BCUT2D eigenvalue weighted by atomic mass is 16.3. The highest BCUT2D eigenvalue weighted by molar-refractivity contribution is 6.14. The van der Waals surface area contributed by atoms with Gasteiger partial charge in [0.2, 0.25) is 0 Å². The first-order valence-corrected chi connectivity index (χ1v) is 22.0. The number of furan rings is 1. The molecule has 0 fully saturated rings. The van der Waals surface area contributed by atoms with Crippen LogP contribution in [0.25, 0.3) is 110 Å². The highest BCUT2D eigenvalue weighted by Gasteiger charge is 2.22. The number of pyridine rings is 2. The van der Waals surface area contributed by atoms with E-state index in [1.54, 1.807) is 0 Å². The molecule has 13 rings (SSSR count). The topological polar surface area (TPSA) is 48.8 Å². The van der Waals surface area contributed by atoms with Gasteiger partial charge in [-0.1, -0.05) is 104 Å². The molecule has 0 N–H and O–H groups in total. The summed E-state index contributed by atoms with van der Waals surface area (Å²) in [5.74, 6) is 0.373. The molecule has 5 nitrogen and oxygen atoms in total. The van der Waals surface area contributed by atoms with Crippen molar-refractivity contribution >= 4 is 76.7 Å². The lowest BCUT2D eigenvalue weighted by Gasteiger charge is -2.22. The maximum absolute atomic E-state index is 6.56. The number of aromatic nitrogens is 4. The molecule has 64 heavy (non-hydrogen) atoms. The molecule has 1 atom stereocenters. The van der Waals surface area contributed by atoms with Crippen molar-refractivity contribution in [3.8, 4) is 33.8 Å². The minimum absolute atomic E-state index is 0.373. The fraction of sp³-hybridized carbons (Fsp3) is 0.0508. The quantitative estimate of drug-likeness (QED) is 0.168. The average Bonchev–Trinajstić information content (AvgIpc) is 4.01. The summed E-state index contributed by atoms with van der Waals surface area (Å²) >= 11 is 0. The van der Waals surface area contributed by atoms with Crippen LogP contribution in [-0.4, -0.2) is 19.1 Å². The normalized spacial score (nSPS) is 14.3. The van der Waals surface area contributed by atoms with Crippen LogP contribution in [0, 0.1) is 5.92 Å². The van der Waals surface area contributed by atoms with Crippen molar-refractivity contribution in [2.75, 3.05) is 0 Å². The third-order valence-corrected chi connectivity index (χ3v) is 13.3. The Morgan fingerprint density at radius 3 is 1.61 bits per heavy atom. The lowest BCUT2D eigenvalue weighted by molar-refractivity contribution is 0.669. The standard InChI is InChI=1S/C59H40N4O/c1-37-13-12-18-43(59(37)52-20-9-11-32-61-52)39-24-28-56-48(34-39)46-17-5-7-22-54(46)63(56)41-26-30-58-50(36-41)49-35-40(25-29-57(49)64-58)62-53-21-6-4-16-45(53)47-33-38(23-27-55(47)62)42-14-2-3-15-44(42)51-19-8-10-31-60-51/h2-12,14-37H,13H2,1H3. The fourth-order valence-corrected chi connectivity index (χ4v) is 10.4. The van der Waals surface area contributed by atoms with Gasteiger partial charge in [0.05, 0.1) is 33.5 Å². The van der Waals surface area contributed by atoms with Gasteiger partial charge in [0.1, 0.15) is 11.2 Å². The molecular weight excluding hydrogens is 781 g/mol. The number of hydrogen-bond donors (Lipinski definition) is 0. The third kappa shape index (κ3) is 5.64. The molecule has 0 amide bonds. The first kappa shape index (κ1) is 36.4. The number of allylic oxidation sites excluding steroid dienone is 4. The third-order valence-electron chi connectivity index (χ3n) is 13.3. The molecular formula is C59H40N4O. The van der Waals surface area contributed by atoms with Crippen LogP contribution in [-0.2, 0) is 0 Å². The summed E-state index contributed by atoms with van der Waals surface area (Å²) in [5.41, 5.74) is 17.8. The molecule has 7 aromatic carbocycles. The second-order valence-electron chi connectivity index (χ2n) is 17.0. The van der Waals surface area contributed by atoms with E-state index >= 15 is 0 Å². The number of fused-ring (bicyclic) bond motifs is 9. The molecule has 0 spiro atoms. The van der Waals surface area contributed by atoms with Crippen molar-refractivity contribution in [3.63, 3.8) is 0 Å². The van der Waals surface area contributed by atoms with E-state index in [0.29, 0.717) is 5.92 Å². The van der Waals surface area contributed by atoms with E-state index in [2.05, 4.69) is 192 Å². The summed E-state index contributed by atoms with van der Waals surface area (Å²) in [7, 11) is 0. The smallest absolute Gasteiger partial charge is 0.135 e. The van der Waals surface area contributed by atoms with Crippen molar-refractivity contribution in [3.05, 3.63) is 218 Å². The number of rotatable bonds is 6. The van der Waals surface area contributed by atoms with Gasteiger partial charge in [0, 0.05) is 61.6 Å². The molecule has 5 heterocycles. The lowest BCUT2D eigenvalue weighted by atomic mass is 9.83. The molecule has 1 aliphatic carbocycles. The SMILES string of the molecule is CC1CC=CC(c2ccc3c(c2)c2ccccc2n3-c2ccc3oc4ccc(-n5c6ccccc6c6cc(-c7ccccc7-c7ccccn7)ccc65)cc4c3c2)=C1c1ccccn1. The van der Waals surface area contributed by atoms with Gasteiger partial charge < -0.3 is 13.6 Å². The molecule has 0 bridgehead atoms. The predicted molar refractivity (Wildman–Crippen MR) is 265 cm³/mol. The van der Waals surface area contributed by atoms with Gasteiger partial charge in [-0.25, -0.2) is 0 Å². The maximum Gasteiger partial charge on any atom is 0.135 e. The van der Waals surface area contributed by atoms with E-state index in [4.69, 9.17) is 14.4 Å². The van der Waals surface area contributed by atoms with E-state index in [-0.39, 0.29) is 0 Å². The van der Waals surface area contributed by atoms with Crippen LogP contribution in [0.15, 0.2) is 211 Å². The Hall–Kier alpha value is -8.28. The average molecular weight is 821 g/mol. The van der Waals surface area contributed by atoms with Gasteiger partial charge in [-0.05, 0) is 137 Å². The van der Waals surface area contributed by atoms with Crippen molar-refractivity contribution in [1.82, 2.24) is 19.1 Å². The second-order valence-corrected chi connectivity index (χ2v) is 17.0. The molecule has 0 saturated heterocycles. The van der Waals surface area contributed by atoms with Gasteiger partial charge >= 0.3 is 0 Å². The van der Waals surface area contributed by atoms with Gasteiger partial charge in [-0.2, -0.15) is 0 Å². The van der Waals surface area contributed by atoms with Crippen molar-refractivity contribution in [2.24, 2.45) is 5.92 Å². The summed E-state index contributed by atoms with van der Waals surface area (Å²) in [6.07, 6.45) is 9.35. The molecule has 5 heteroatoms. The van der Waals surface area contributed by atoms with Crippen LogP contribution in [0.4, 0.5) is 0 Å². The van der Waals surface area contributed by atoms with Crippen LogP contribution in [0.5, 0.6) is 0 Å². The van der Waals surface area contributed by atoms with E-state index in [9.17, 15) is 0 Å². The Bertz CT molecular complexity index is 3880. The van der Waals surface area contributed by atoms with Crippen LogP contribution < -0.4 is 0 Å². The van der Waals surface area contributed by atoms with Crippen LogP contribution >= 0.6 is 0 Å². The Morgan fingerprint density at radius 2 is 0.984 bits per heavy atom. The van der Waals surface area contributed by atoms with E-state index in [1.807, 2.05) is 30.6 Å². The molecule has 1 aliphatic rings. The number of hydrogen-bond acceptors (Lipinski definition) is 3. The highest BCUT2D eigenvalue weighted by Crippen LogP contribution is 2.42. The van der Waals surface area contributed by atoms with Crippen LogP contribution in [0.2, 0.25) is 0 Å². The predicted octanol–water partition coefficient (Wildman–Crippen LogP) is 15.4. The van der Waals surface area contributed by atoms with E-state index in [0.717, 1.165) is 84.4 Å². The van der Waals surface area contributed by atoms with Gasteiger partial charge in [-0.15, -0.1) is 0 Å². The molecule has 0 saturated carbocycles.